The van der Waals surface area contributed by atoms with Gasteiger partial charge in [0.2, 0.25) is 0 Å². The summed E-state index contributed by atoms with van der Waals surface area (Å²) in [5, 5.41) is 1.43. The van der Waals surface area contributed by atoms with Crippen molar-refractivity contribution in [2.45, 2.75) is 0 Å². The predicted octanol–water partition coefficient (Wildman–Crippen LogP) is 9.67. The van der Waals surface area contributed by atoms with Crippen molar-refractivity contribution in [1.82, 2.24) is 0 Å². The lowest BCUT2D eigenvalue weighted by atomic mass is 10.1. The first-order chi connectivity index (χ1) is 18.6. The number of benzene rings is 2. The Morgan fingerprint density at radius 1 is 0.289 bits per heavy atom. The summed E-state index contributed by atoms with van der Waals surface area (Å²) >= 11 is 11.9. The maximum absolute atomic E-state index is 5.96. The van der Waals surface area contributed by atoms with Gasteiger partial charge < -0.3 is 0 Å². The van der Waals surface area contributed by atoms with Crippen LogP contribution in [0.2, 0.25) is 10.0 Å². The molecule has 4 aliphatic carbocycles. The largest absolute Gasteiger partial charge is 0.0843 e. The first kappa shape index (κ1) is 23.9. The normalized spacial score (nSPS) is 10.5. The van der Waals surface area contributed by atoms with Crippen LogP contribution in [0.1, 0.15) is 22.3 Å². The van der Waals surface area contributed by atoms with Gasteiger partial charge in [0.05, 0.1) is 0 Å². The molecule has 2 heteroatoms. The molecule has 0 radical (unpaired) electrons. The standard InChI is InChI=1S/C36H20Cl2/c37-35-17-9-27(10-18-35)3-1-25-5-13-29-21-33(22-30(29)14-6-25)34-23-31-15-7-26(8-16-32(31)24-34)2-4-28-11-19-36(38)20-12-28/h5-24H. The summed E-state index contributed by atoms with van der Waals surface area (Å²) < 4.78 is 0. The van der Waals surface area contributed by atoms with Crippen molar-refractivity contribution in [2.24, 2.45) is 0 Å². The van der Waals surface area contributed by atoms with Crippen molar-refractivity contribution in [1.29, 1.82) is 0 Å². The molecule has 0 aromatic heterocycles. The van der Waals surface area contributed by atoms with Gasteiger partial charge in [0.15, 0.2) is 0 Å². The third-order valence-corrected chi connectivity index (χ3v) is 6.91. The lowest BCUT2D eigenvalue weighted by Gasteiger charge is -1.90. The van der Waals surface area contributed by atoms with E-state index in [2.05, 4.69) is 96.5 Å². The molecule has 2 aromatic carbocycles. The van der Waals surface area contributed by atoms with Gasteiger partial charge in [-0.15, -0.1) is 0 Å². The van der Waals surface area contributed by atoms with Crippen LogP contribution in [-0.4, -0.2) is 0 Å². The lowest BCUT2D eigenvalue weighted by molar-refractivity contribution is 1.64. The average Bonchev–Trinajstić information content (AvgIpc) is 3.42. The van der Waals surface area contributed by atoms with E-state index >= 15 is 0 Å². The molecule has 0 atom stereocenters. The molecule has 4 aliphatic rings. The van der Waals surface area contributed by atoms with E-state index in [1.807, 2.05) is 48.5 Å². The van der Waals surface area contributed by atoms with Gasteiger partial charge in [-0.25, -0.2) is 0 Å². The van der Waals surface area contributed by atoms with E-state index in [0.717, 1.165) is 22.3 Å². The Morgan fingerprint density at radius 2 is 0.526 bits per heavy atom. The Kier molecular flexibility index (Phi) is 6.60. The highest BCUT2D eigenvalue weighted by Crippen LogP contribution is 2.37. The Balaban J connectivity index is 1.24. The van der Waals surface area contributed by atoms with Gasteiger partial charge in [-0.05, 0) is 130 Å². The highest BCUT2D eigenvalue weighted by molar-refractivity contribution is 6.30. The molecular formula is C36H20Cl2. The molecule has 0 nitrogen and oxygen atoms in total. The summed E-state index contributed by atoms with van der Waals surface area (Å²) in [4.78, 5) is 0. The van der Waals surface area contributed by atoms with E-state index in [9.17, 15) is 0 Å². The second-order valence-electron chi connectivity index (χ2n) is 9.07. The second kappa shape index (κ2) is 10.5. The molecule has 178 valence electrons. The summed E-state index contributed by atoms with van der Waals surface area (Å²) in [6.07, 6.45) is 0. The summed E-state index contributed by atoms with van der Waals surface area (Å²) in [6, 6.07) is 40.9. The van der Waals surface area contributed by atoms with Crippen molar-refractivity contribution < 1.29 is 0 Å². The third-order valence-electron chi connectivity index (χ3n) is 6.40. The fourth-order valence-electron chi connectivity index (χ4n) is 4.35. The fraction of sp³-hybridized carbons (Fsp3) is 0. The van der Waals surface area contributed by atoms with E-state index in [0.29, 0.717) is 10.0 Å². The van der Waals surface area contributed by atoms with Crippen LogP contribution in [0.3, 0.4) is 0 Å². The minimum absolute atomic E-state index is 0.715. The number of rotatable bonds is 1. The third kappa shape index (κ3) is 5.44. The summed E-state index contributed by atoms with van der Waals surface area (Å²) in [7, 11) is 0. The fourth-order valence-corrected chi connectivity index (χ4v) is 4.60. The zero-order chi connectivity index (χ0) is 25.9. The Hall–Kier alpha value is -4.46. The zero-order valence-electron chi connectivity index (χ0n) is 20.3. The minimum atomic E-state index is 0.715. The van der Waals surface area contributed by atoms with Gasteiger partial charge in [-0.1, -0.05) is 71.1 Å². The number of hydrogen-bond donors (Lipinski definition) is 0. The van der Waals surface area contributed by atoms with E-state index in [4.69, 9.17) is 23.2 Å². The number of fused-ring (bicyclic) bond motifs is 2. The molecule has 0 N–H and O–H groups in total. The van der Waals surface area contributed by atoms with Gasteiger partial charge >= 0.3 is 0 Å². The van der Waals surface area contributed by atoms with Crippen molar-refractivity contribution in [3.8, 4) is 57.1 Å². The van der Waals surface area contributed by atoms with Crippen LogP contribution in [0.15, 0.2) is 121 Å². The van der Waals surface area contributed by atoms with Gasteiger partial charge in [0, 0.05) is 32.3 Å². The molecule has 0 heterocycles. The maximum Gasteiger partial charge on any atom is 0.0406 e. The molecule has 0 spiro atoms. The highest BCUT2D eigenvalue weighted by atomic mass is 35.5. The predicted molar refractivity (Wildman–Crippen MR) is 160 cm³/mol. The Labute approximate surface area is 233 Å². The Bertz CT molecular complexity index is 1620. The van der Waals surface area contributed by atoms with Crippen LogP contribution < -0.4 is 0 Å². The van der Waals surface area contributed by atoms with Gasteiger partial charge in [-0.3, -0.25) is 0 Å². The van der Waals surface area contributed by atoms with Crippen LogP contribution in [-0.2, 0) is 0 Å². The zero-order valence-corrected chi connectivity index (χ0v) is 21.8. The molecule has 6 rings (SSSR count). The topological polar surface area (TPSA) is 0 Å². The molecule has 0 saturated heterocycles. The minimum Gasteiger partial charge on any atom is -0.0843 e. The van der Waals surface area contributed by atoms with Crippen LogP contribution >= 0.6 is 23.2 Å². The second-order valence-corrected chi connectivity index (χ2v) is 9.94. The summed E-state index contributed by atoms with van der Waals surface area (Å²) in [5.41, 5.74) is 11.0. The van der Waals surface area contributed by atoms with Crippen LogP contribution in [0.5, 0.6) is 0 Å². The molecule has 0 fully saturated rings. The first-order valence-corrected chi connectivity index (χ1v) is 13.0. The van der Waals surface area contributed by atoms with Crippen molar-refractivity contribution in [2.75, 3.05) is 0 Å². The van der Waals surface area contributed by atoms with Gasteiger partial charge in [0.1, 0.15) is 0 Å². The molecule has 2 aromatic rings. The summed E-state index contributed by atoms with van der Waals surface area (Å²) in [5.74, 6) is 12.9. The monoisotopic (exact) mass is 522 g/mol. The van der Waals surface area contributed by atoms with Crippen LogP contribution in [0.4, 0.5) is 0 Å². The number of halogens is 2. The molecule has 0 unspecified atom stereocenters. The van der Waals surface area contributed by atoms with E-state index < -0.39 is 0 Å². The maximum atomic E-state index is 5.96. The number of hydrogen-bond acceptors (Lipinski definition) is 0. The SMILES string of the molecule is Clc1ccc(C#Cc2ccc3cc(-c4cc5ccc(C#Cc6ccc(Cl)cc6)ccc-5c4)cc-3cc2)cc1. The van der Waals surface area contributed by atoms with Crippen molar-refractivity contribution in [3.63, 3.8) is 0 Å². The quantitative estimate of drug-likeness (QED) is 0.188. The van der Waals surface area contributed by atoms with E-state index in [-0.39, 0.29) is 0 Å². The molecule has 0 saturated carbocycles. The molecule has 0 amide bonds. The van der Waals surface area contributed by atoms with E-state index in [1.54, 1.807) is 0 Å². The molecule has 0 bridgehead atoms. The first-order valence-electron chi connectivity index (χ1n) is 12.2. The molecule has 38 heavy (non-hydrogen) atoms. The van der Waals surface area contributed by atoms with Crippen molar-refractivity contribution in [3.05, 3.63) is 154 Å². The smallest absolute Gasteiger partial charge is 0.0406 e. The Morgan fingerprint density at radius 3 is 0.789 bits per heavy atom. The van der Waals surface area contributed by atoms with Gasteiger partial charge in [0.25, 0.3) is 0 Å². The van der Waals surface area contributed by atoms with Crippen molar-refractivity contribution >= 4 is 23.2 Å². The van der Waals surface area contributed by atoms with Crippen LogP contribution in [0, 0.1) is 23.7 Å². The lowest BCUT2D eigenvalue weighted by Crippen LogP contribution is -1.73. The molecule has 0 aliphatic heterocycles. The van der Waals surface area contributed by atoms with Gasteiger partial charge in [-0.2, -0.15) is 0 Å². The van der Waals surface area contributed by atoms with Crippen LogP contribution in [0.25, 0.3) is 33.4 Å². The summed E-state index contributed by atoms with van der Waals surface area (Å²) in [6.45, 7) is 0. The average molecular weight is 523 g/mol. The van der Waals surface area contributed by atoms with E-state index in [1.165, 1.54) is 33.4 Å². The highest BCUT2D eigenvalue weighted by Gasteiger charge is 2.11. The molecular weight excluding hydrogens is 503 g/mol.